The van der Waals surface area contributed by atoms with Crippen LogP contribution < -0.4 is 5.32 Å². The van der Waals surface area contributed by atoms with Crippen LogP contribution in [0.15, 0.2) is 11.0 Å². The van der Waals surface area contributed by atoms with Crippen LogP contribution in [0.4, 0.5) is 4.79 Å². The summed E-state index contributed by atoms with van der Waals surface area (Å²) in [5, 5.41) is 2.51. The Morgan fingerprint density at radius 2 is 2.23 bits per heavy atom. The average molecular weight is 263 g/mol. The molecule has 0 atom stereocenters. The Balaban J connectivity index is 2.78. The number of rotatable bonds is 2. The summed E-state index contributed by atoms with van der Waals surface area (Å²) in [5.74, 6) is -2.40. The summed E-state index contributed by atoms with van der Waals surface area (Å²) >= 11 is 16.2. The van der Waals surface area contributed by atoms with Crippen molar-refractivity contribution in [2.24, 2.45) is 0 Å². The maximum atomic E-state index is 11.0. The molecule has 1 heterocycles. The van der Waals surface area contributed by atoms with E-state index >= 15 is 0 Å². The predicted molar refractivity (Wildman–Crippen MR) is 53.4 cm³/mol. The summed E-state index contributed by atoms with van der Waals surface area (Å²) in [6, 6.07) is -0.344. The van der Waals surface area contributed by atoms with Crippen LogP contribution in [0.1, 0.15) is 0 Å². The van der Waals surface area contributed by atoms with Gasteiger partial charge in [-0.2, -0.15) is 0 Å². The molecule has 0 aromatic rings. The van der Waals surface area contributed by atoms with Gasteiger partial charge in [-0.1, -0.05) is 11.6 Å². The zero-order valence-corrected chi connectivity index (χ0v) is 9.50. The second-order valence-corrected chi connectivity index (χ2v) is 7.52. The molecule has 4 nitrogen and oxygen atoms in total. The van der Waals surface area contributed by atoms with Crippen LogP contribution >= 0.6 is 39.9 Å². The third kappa shape index (κ3) is 3.39. The highest BCUT2D eigenvalue weighted by molar-refractivity contribution is 8.10. The number of nitrogens with one attached hydrogen (secondary N) is 1. The van der Waals surface area contributed by atoms with Crippen LogP contribution in [0.5, 0.6) is 0 Å². The van der Waals surface area contributed by atoms with Crippen molar-refractivity contribution in [3.05, 3.63) is 11.0 Å². The minimum atomic E-state index is -3.37. The van der Waals surface area contributed by atoms with Gasteiger partial charge in [0.15, 0.2) is 0 Å². The van der Waals surface area contributed by atoms with Crippen molar-refractivity contribution < 1.29 is 9.36 Å². The molecule has 1 aliphatic rings. The van der Waals surface area contributed by atoms with Gasteiger partial charge in [0.25, 0.3) is 5.85 Å². The van der Waals surface area contributed by atoms with Crippen molar-refractivity contribution in [3.63, 3.8) is 0 Å². The van der Waals surface area contributed by atoms with E-state index in [2.05, 4.69) is 5.32 Å². The molecule has 1 fully saturated rings. The molecule has 0 spiro atoms. The van der Waals surface area contributed by atoms with Gasteiger partial charge < -0.3 is 5.32 Å². The van der Waals surface area contributed by atoms with Crippen molar-refractivity contribution in [2.45, 2.75) is 0 Å². The van der Waals surface area contributed by atoms with Gasteiger partial charge in [-0.15, -0.1) is 0 Å². The fourth-order valence-corrected chi connectivity index (χ4v) is 2.68. The number of carbonyl (C=O) groups excluding carboxylic acids is 1. The number of halogens is 3. The highest BCUT2D eigenvalue weighted by Gasteiger charge is 2.24. The number of hydrogen-bond acceptors (Lipinski definition) is 2. The number of amides is 2. The summed E-state index contributed by atoms with van der Waals surface area (Å²) < 4.78 is 10.9. The third-order valence-corrected chi connectivity index (χ3v) is 2.97. The second-order valence-electron chi connectivity index (χ2n) is 2.34. The highest BCUT2D eigenvalue weighted by atomic mass is 35.9. The van der Waals surface area contributed by atoms with Gasteiger partial charge >= 0.3 is 6.03 Å². The minimum absolute atomic E-state index is 0.0108. The lowest BCUT2D eigenvalue weighted by Gasteiger charge is -2.11. The van der Waals surface area contributed by atoms with Crippen molar-refractivity contribution in [2.75, 3.05) is 13.1 Å². The molecule has 1 saturated heterocycles. The second kappa shape index (κ2) is 4.09. The Bertz CT molecular complexity index is 300. The van der Waals surface area contributed by atoms with Gasteiger partial charge in [0, 0.05) is 18.9 Å². The van der Waals surface area contributed by atoms with Crippen LogP contribution in [0.2, 0.25) is 0 Å². The molecular formula is C5H6Cl3N2O2P. The third-order valence-electron chi connectivity index (χ3n) is 1.37. The Morgan fingerprint density at radius 1 is 1.62 bits per heavy atom. The SMILES string of the molecule is O=C1NCCN1C(Cl)=CP(=O)(Cl)Cl. The van der Waals surface area contributed by atoms with Gasteiger partial charge in [-0.25, -0.2) is 4.79 Å². The molecule has 0 aromatic carbocycles. The first kappa shape index (κ1) is 11.2. The van der Waals surface area contributed by atoms with Crippen LogP contribution in [0, 0.1) is 0 Å². The molecule has 8 heteroatoms. The van der Waals surface area contributed by atoms with Crippen molar-refractivity contribution in [3.8, 4) is 0 Å². The Kier molecular flexibility index (Phi) is 3.52. The molecule has 0 bridgehead atoms. The summed E-state index contributed by atoms with van der Waals surface area (Å²) in [4.78, 5) is 12.2. The summed E-state index contributed by atoms with van der Waals surface area (Å²) in [6.07, 6.45) is 0. The molecule has 2 amide bonds. The van der Waals surface area contributed by atoms with Gasteiger partial charge in [0.1, 0.15) is 5.16 Å². The predicted octanol–water partition coefficient (Wildman–Crippen LogP) is 2.72. The topological polar surface area (TPSA) is 49.4 Å². The van der Waals surface area contributed by atoms with Crippen LogP contribution in [0.25, 0.3) is 0 Å². The van der Waals surface area contributed by atoms with Gasteiger partial charge in [0.05, 0.1) is 0 Å². The van der Waals surface area contributed by atoms with E-state index in [0.29, 0.717) is 13.1 Å². The van der Waals surface area contributed by atoms with E-state index in [-0.39, 0.29) is 11.2 Å². The lowest BCUT2D eigenvalue weighted by Crippen LogP contribution is -2.25. The average Bonchev–Trinajstić information content (AvgIpc) is 2.30. The van der Waals surface area contributed by atoms with E-state index in [4.69, 9.17) is 34.1 Å². The number of carbonyl (C=O) groups is 1. The molecule has 0 aliphatic carbocycles. The monoisotopic (exact) mass is 262 g/mol. The standard InChI is InChI=1S/C5H6Cl3N2O2P/c6-4(3-13(7,8)12)10-2-1-9-5(10)11/h3H,1-2H2,(H,9,11). The Labute approximate surface area is 89.8 Å². The summed E-state index contributed by atoms with van der Waals surface area (Å²) in [5.41, 5.74) is 0. The lowest BCUT2D eigenvalue weighted by molar-refractivity contribution is 0.229. The molecule has 0 saturated carbocycles. The summed E-state index contributed by atoms with van der Waals surface area (Å²) in [6.45, 7) is 0.916. The first-order chi connectivity index (χ1) is 5.90. The van der Waals surface area contributed by atoms with Gasteiger partial charge in [0.2, 0.25) is 0 Å². The molecule has 1 rings (SSSR count). The smallest absolute Gasteiger partial charge is 0.322 e. The van der Waals surface area contributed by atoms with Gasteiger partial charge in [-0.05, 0) is 22.5 Å². The van der Waals surface area contributed by atoms with E-state index in [0.717, 1.165) is 5.82 Å². The highest BCUT2D eigenvalue weighted by Crippen LogP contribution is 2.59. The van der Waals surface area contributed by atoms with E-state index in [9.17, 15) is 9.36 Å². The fourth-order valence-electron chi connectivity index (χ4n) is 0.869. The fraction of sp³-hybridized carbons (Fsp3) is 0.400. The molecule has 1 aliphatic heterocycles. The first-order valence-electron chi connectivity index (χ1n) is 3.33. The molecule has 74 valence electrons. The normalized spacial score (nSPS) is 19.2. The first-order valence-corrected chi connectivity index (χ1v) is 7.29. The largest absolute Gasteiger partial charge is 0.336 e. The molecule has 0 aromatic heterocycles. The van der Waals surface area contributed by atoms with E-state index in [1.807, 2.05) is 0 Å². The maximum absolute atomic E-state index is 11.0. The summed E-state index contributed by atoms with van der Waals surface area (Å²) in [7, 11) is 0. The van der Waals surface area contributed by atoms with Gasteiger partial charge in [-0.3, -0.25) is 9.46 Å². The quantitative estimate of drug-likeness (QED) is 0.615. The van der Waals surface area contributed by atoms with Crippen LogP contribution in [-0.2, 0) is 4.57 Å². The molecule has 1 N–H and O–H groups in total. The number of nitrogens with zero attached hydrogens (tertiary/aromatic N) is 1. The maximum Gasteiger partial charge on any atom is 0.322 e. The zero-order valence-electron chi connectivity index (χ0n) is 6.34. The molecule has 13 heavy (non-hydrogen) atoms. The van der Waals surface area contributed by atoms with E-state index in [1.165, 1.54) is 4.90 Å². The molecule has 0 radical (unpaired) electrons. The number of urea groups is 1. The minimum Gasteiger partial charge on any atom is -0.336 e. The molecule has 0 unspecified atom stereocenters. The Hall–Kier alpha value is 0.110. The Morgan fingerprint density at radius 3 is 2.62 bits per heavy atom. The molecular weight excluding hydrogens is 257 g/mol. The van der Waals surface area contributed by atoms with Crippen molar-refractivity contribution in [1.82, 2.24) is 10.2 Å². The van der Waals surface area contributed by atoms with Crippen LogP contribution in [-0.4, -0.2) is 24.0 Å². The van der Waals surface area contributed by atoms with Crippen molar-refractivity contribution in [1.29, 1.82) is 0 Å². The number of hydrogen-bond donors (Lipinski definition) is 1. The lowest BCUT2D eigenvalue weighted by atomic mass is 10.6. The van der Waals surface area contributed by atoms with E-state index in [1.54, 1.807) is 0 Å². The van der Waals surface area contributed by atoms with E-state index < -0.39 is 5.85 Å². The zero-order chi connectivity index (χ0) is 10.1. The van der Waals surface area contributed by atoms with Crippen LogP contribution in [0.3, 0.4) is 0 Å². The van der Waals surface area contributed by atoms with Crippen molar-refractivity contribution >= 4 is 46.0 Å².